The minimum Gasteiger partial charge on any atom is -0.466 e. The highest BCUT2D eigenvalue weighted by Crippen LogP contribution is 2.38. The minimum atomic E-state index is -0.428. The number of amides is 1. The Balaban J connectivity index is 2.29. The summed E-state index contributed by atoms with van der Waals surface area (Å²) in [5.74, 6) is -1.22. The lowest BCUT2D eigenvalue weighted by Crippen LogP contribution is -2.39. The third-order valence-electron chi connectivity index (χ3n) is 3.09. The summed E-state index contributed by atoms with van der Waals surface area (Å²) in [4.78, 5) is 23.1. The molecule has 1 amide bonds. The number of nitrogens with one attached hydrogen (secondary N) is 1. The SMILES string of the molecule is COC(=O)C1=CNC(=O)[C@@H]2C(CO)=CC[C@H]12. The van der Waals surface area contributed by atoms with Crippen molar-refractivity contribution in [1.29, 1.82) is 0 Å². The molecule has 0 unspecified atom stereocenters. The Kier molecular flexibility index (Phi) is 2.78. The Bertz CT molecular complexity index is 397. The molecule has 0 aromatic rings. The van der Waals surface area contributed by atoms with E-state index in [9.17, 15) is 9.59 Å². The third-order valence-corrected chi connectivity index (χ3v) is 3.09. The number of aliphatic hydroxyl groups excluding tert-OH is 1. The van der Waals surface area contributed by atoms with Crippen LogP contribution in [0.25, 0.3) is 0 Å². The van der Waals surface area contributed by atoms with Crippen molar-refractivity contribution in [3.63, 3.8) is 0 Å². The molecule has 16 heavy (non-hydrogen) atoms. The van der Waals surface area contributed by atoms with Crippen LogP contribution in [0.1, 0.15) is 6.42 Å². The fourth-order valence-corrected chi connectivity index (χ4v) is 2.29. The average Bonchev–Trinajstić information content (AvgIpc) is 2.73. The van der Waals surface area contributed by atoms with Gasteiger partial charge >= 0.3 is 5.97 Å². The minimum absolute atomic E-state index is 0.150. The Morgan fingerprint density at radius 3 is 3.06 bits per heavy atom. The molecule has 0 fully saturated rings. The Labute approximate surface area is 92.8 Å². The number of hydrogen-bond acceptors (Lipinski definition) is 4. The fraction of sp³-hybridized carbons (Fsp3) is 0.455. The molecular formula is C11H13NO4. The van der Waals surface area contributed by atoms with Gasteiger partial charge in [-0.05, 0) is 12.0 Å². The fourth-order valence-electron chi connectivity index (χ4n) is 2.29. The summed E-state index contributed by atoms with van der Waals surface area (Å²) in [7, 11) is 1.31. The summed E-state index contributed by atoms with van der Waals surface area (Å²) >= 11 is 0. The molecule has 1 aliphatic carbocycles. The van der Waals surface area contributed by atoms with Crippen LogP contribution in [0.3, 0.4) is 0 Å². The van der Waals surface area contributed by atoms with Crippen molar-refractivity contribution < 1.29 is 19.4 Å². The van der Waals surface area contributed by atoms with Crippen molar-refractivity contribution in [2.45, 2.75) is 6.42 Å². The zero-order valence-corrected chi connectivity index (χ0v) is 8.90. The van der Waals surface area contributed by atoms with Crippen LogP contribution in [0.5, 0.6) is 0 Å². The van der Waals surface area contributed by atoms with Gasteiger partial charge in [0.25, 0.3) is 0 Å². The van der Waals surface area contributed by atoms with Crippen LogP contribution in [-0.4, -0.2) is 30.7 Å². The number of carbonyl (C=O) groups excluding carboxylic acids is 2. The van der Waals surface area contributed by atoms with Crippen LogP contribution in [0.4, 0.5) is 0 Å². The first-order valence-corrected chi connectivity index (χ1v) is 5.07. The Morgan fingerprint density at radius 1 is 1.69 bits per heavy atom. The lowest BCUT2D eigenvalue weighted by molar-refractivity contribution is -0.137. The highest BCUT2D eigenvalue weighted by molar-refractivity contribution is 5.95. The lowest BCUT2D eigenvalue weighted by atomic mass is 9.83. The average molecular weight is 223 g/mol. The van der Waals surface area contributed by atoms with E-state index in [2.05, 4.69) is 10.1 Å². The number of allylic oxidation sites excluding steroid dienone is 1. The van der Waals surface area contributed by atoms with Crippen molar-refractivity contribution in [1.82, 2.24) is 5.32 Å². The smallest absolute Gasteiger partial charge is 0.335 e. The largest absolute Gasteiger partial charge is 0.466 e. The van der Waals surface area contributed by atoms with Crippen molar-refractivity contribution >= 4 is 11.9 Å². The maximum Gasteiger partial charge on any atom is 0.335 e. The first-order chi connectivity index (χ1) is 7.69. The number of fused-ring (bicyclic) bond motifs is 1. The van der Waals surface area contributed by atoms with Gasteiger partial charge in [0.05, 0.1) is 25.2 Å². The second kappa shape index (κ2) is 4.09. The van der Waals surface area contributed by atoms with Gasteiger partial charge in [0.2, 0.25) is 5.91 Å². The monoisotopic (exact) mass is 223 g/mol. The maximum absolute atomic E-state index is 11.6. The van der Waals surface area contributed by atoms with Gasteiger partial charge in [-0.25, -0.2) is 4.79 Å². The van der Waals surface area contributed by atoms with E-state index in [0.29, 0.717) is 17.6 Å². The molecule has 1 heterocycles. The quantitative estimate of drug-likeness (QED) is 0.499. The van der Waals surface area contributed by atoms with Crippen molar-refractivity contribution in [3.8, 4) is 0 Å². The van der Waals surface area contributed by atoms with Crippen LogP contribution < -0.4 is 5.32 Å². The highest BCUT2D eigenvalue weighted by atomic mass is 16.5. The van der Waals surface area contributed by atoms with Gasteiger partial charge in [0.1, 0.15) is 0 Å². The van der Waals surface area contributed by atoms with Crippen LogP contribution in [0.15, 0.2) is 23.4 Å². The molecule has 0 radical (unpaired) electrons. The van der Waals surface area contributed by atoms with Crippen molar-refractivity contribution in [2.24, 2.45) is 11.8 Å². The summed E-state index contributed by atoms with van der Waals surface area (Å²) in [6, 6.07) is 0. The van der Waals surface area contributed by atoms with Gasteiger partial charge < -0.3 is 15.2 Å². The number of carbonyl (C=O) groups is 2. The molecule has 5 nitrogen and oxygen atoms in total. The lowest BCUT2D eigenvalue weighted by Gasteiger charge is -2.26. The maximum atomic E-state index is 11.6. The van der Waals surface area contributed by atoms with E-state index >= 15 is 0 Å². The number of methoxy groups -OCH3 is 1. The van der Waals surface area contributed by atoms with Crippen molar-refractivity contribution in [3.05, 3.63) is 23.4 Å². The molecule has 0 bridgehead atoms. The normalized spacial score (nSPS) is 27.8. The number of rotatable bonds is 2. The summed E-state index contributed by atoms with van der Waals surface area (Å²) in [5, 5.41) is 11.7. The topological polar surface area (TPSA) is 75.6 Å². The van der Waals surface area contributed by atoms with Gasteiger partial charge in [0.15, 0.2) is 0 Å². The summed E-state index contributed by atoms with van der Waals surface area (Å²) in [5.41, 5.74) is 1.14. The van der Waals surface area contributed by atoms with E-state index in [1.54, 1.807) is 0 Å². The molecule has 1 aliphatic heterocycles. The predicted octanol–water partition coefficient (Wildman–Crippen LogP) is -0.272. The molecule has 2 aliphatic rings. The standard InChI is InChI=1S/C11H13NO4/c1-16-11(15)8-4-12-10(14)9-6(5-13)2-3-7(8)9/h2,4,7,9,13H,3,5H2,1H3,(H,12,14)/t7-,9-/m1/s1. The highest BCUT2D eigenvalue weighted by Gasteiger charge is 2.41. The van der Waals surface area contributed by atoms with E-state index < -0.39 is 11.9 Å². The molecule has 2 rings (SSSR count). The van der Waals surface area contributed by atoms with Gasteiger partial charge in [-0.15, -0.1) is 0 Å². The van der Waals surface area contributed by atoms with Gasteiger partial charge in [-0.1, -0.05) is 6.08 Å². The molecule has 0 saturated carbocycles. The number of ether oxygens (including phenoxy) is 1. The zero-order chi connectivity index (χ0) is 11.7. The zero-order valence-electron chi connectivity index (χ0n) is 8.90. The van der Waals surface area contributed by atoms with Gasteiger partial charge in [-0.3, -0.25) is 4.79 Å². The van der Waals surface area contributed by atoms with E-state index in [1.165, 1.54) is 13.3 Å². The Morgan fingerprint density at radius 2 is 2.44 bits per heavy atom. The van der Waals surface area contributed by atoms with E-state index in [0.717, 1.165) is 0 Å². The molecule has 5 heteroatoms. The van der Waals surface area contributed by atoms with Crippen LogP contribution in [0, 0.1) is 11.8 Å². The molecule has 0 aromatic carbocycles. The van der Waals surface area contributed by atoms with Gasteiger partial charge in [-0.2, -0.15) is 0 Å². The van der Waals surface area contributed by atoms with Crippen LogP contribution in [-0.2, 0) is 14.3 Å². The van der Waals surface area contributed by atoms with Crippen LogP contribution >= 0.6 is 0 Å². The molecular weight excluding hydrogens is 210 g/mol. The summed E-state index contributed by atoms with van der Waals surface area (Å²) in [6.07, 6.45) is 3.81. The second-order valence-electron chi connectivity index (χ2n) is 3.86. The Hall–Kier alpha value is -1.62. The number of hydrogen-bond donors (Lipinski definition) is 2. The van der Waals surface area contributed by atoms with Crippen LogP contribution in [0.2, 0.25) is 0 Å². The first kappa shape index (κ1) is 10.9. The number of esters is 1. The third kappa shape index (κ3) is 1.53. The second-order valence-corrected chi connectivity index (χ2v) is 3.86. The van der Waals surface area contributed by atoms with E-state index in [-0.39, 0.29) is 18.4 Å². The molecule has 0 spiro atoms. The first-order valence-electron chi connectivity index (χ1n) is 5.07. The molecule has 2 atom stereocenters. The van der Waals surface area contributed by atoms with E-state index in [1.807, 2.05) is 6.08 Å². The summed E-state index contributed by atoms with van der Waals surface area (Å²) in [6.45, 7) is -0.150. The molecule has 0 saturated heterocycles. The summed E-state index contributed by atoms with van der Waals surface area (Å²) < 4.78 is 4.66. The van der Waals surface area contributed by atoms with Crippen molar-refractivity contribution in [2.75, 3.05) is 13.7 Å². The van der Waals surface area contributed by atoms with E-state index in [4.69, 9.17) is 5.11 Å². The predicted molar refractivity (Wildman–Crippen MR) is 55.0 cm³/mol. The number of aliphatic hydroxyl groups is 1. The van der Waals surface area contributed by atoms with Gasteiger partial charge in [0, 0.05) is 12.1 Å². The molecule has 2 N–H and O–H groups in total. The molecule has 86 valence electrons. The molecule has 0 aromatic heterocycles.